The summed E-state index contributed by atoms with van der Waals surface area (Å²) in [6.07, 6.45) is 12.8. The van der Waals surface area contributed by atoms with Gasteiger partial charge in [-0.25, -0.2) is 0 Å². The molecule has 0 aliphatic heterocycles. The minimum Gasteiger partial charge on any atom is -0.481 e. The summed E-state index contributed by atoms with van der Waals surface area (Å²) in [5.41, 5.74) is 0. The number of aliphatic carboxylic acids is 1. The summed E-state index contributed by atoms with van der Waals surface area (Å²) in [5.74, 6) is 0.268. The number of hydrogen-bond acceptors (Lipinski definition) is 3. The van der Waals surface area contributed by atoms with Crippen molar-refractivity contribution < 1.29 is 19.4 Å². The Morgan fingerprint density at radius 1 is 0.880 bits per heavy atom. The highest BCUT2D eigenvalue weighted by atomic mass is 16.5. The molecule has 0 heterocycles. The van der Waals surface area contributed by atoms with Gasteiger partial charge in [0.05, 0.1) is 6.61 Å². The van der Waals surface area contributed by atoms with Gasteiger partial charge in [-0.05, 0) is 31.1 Å². The van der Waals surface area contributed by atoms with Crippen molar-refractivity contribution in [3.8, 4) is 0 Å². The topological polar surface area (TPSA) is 63.6 Å². The first-order valence-electron chi connectivity index (χ1n) is 10.4. The molecule has 4 nitrogen and oxygen atoms in total. The van der Waals surface area contributed by atoms with Crippen molar-refractivity contribution in [1.82, 2.24) is 0 Å². The molecule has 148 valence electrons. The molecular formula is C21H40O4. The van der Waals surface area contributed by atoms with E-state index in [4.69, 9.17) is 9.84 Å². The minimum atomic E-state index is -0.700. The second-order valence-corrected chi connectivity index (χ2v) is 7.44. The molecule has 25 heavy (non-hydrogen) atoms. The van der Waals surface area contributed by atoms with Crippen molar-refractivity contribution in [3.63, 3.8) is 0 Å². The SMILES string of the molecule is CCCCC(CC)COC(=O)CCCCCCCC(C)CCC(=O)O. The van der Waals surface area contributed by atoms with E-state index in [0.717, 1.165) is 51.4 Å². The van der Waals surface area contributed by atoms with Crippen LogP contribution in [0, 0.1) is 11.8 Å². The van der Waals surface area contributed by atoms with Crippen LogP contribution in [0.5, 0.6) is 0 Å². The van der Waals surface area contributed by atoms with Crippen LogP contribution in [0.3, 0.4) is 0 Å². The number of carboxylic acid groups (broad SMARTS) is 1. The maximum absolute atomic E-state index is 11.8. The summed E-state index contributed by atoms with van der Waals surface area (Å²) >= 11 is 0. The molecule has 0 saturated carbocycles. The van der Waals surface area contributed by atoms with Crippen LogP contribution >= 0.6 is 0 Å². The number of esters is 1. The molecule has 0 radical (unpaired) electrons. The first kappa shape index (κ1) is 23.9. The predicted octanol–water partition coefficient (Wildman–Crippen LogP) is 5.98. The fourth-order valence-electron chi connectivity index (χ4n) is 2.99. The Morgan fingerprint density at radius 3 is 2.20 bits per heavy atom. The number of hydrogen-bond donors (Lipinski definition) is 1. The molecule has 0 bridgehead atoms. The maximum Gasteiger partial charge on any atom is 0.305 e. The summed E-state index contributed by atoms with van der Waals surface area (Å²) in [6.45, 7) is 7.07. The van der Waals surface area contributed by atoms with Crippen LogP contribution in [0.15, 0.2) is 0 Å². The lowest BCUT2D eigenvalue weighted by molar-refractivity contribution is -0.145. The largest absolute Gasteiger partial charge is 0.481 e. The van der Waals surface area contributed by atoms with Crippen LogP contribution in [0.2, 0.25) is 0 Å². The van der Waals surface area contributed by atoms with Gasteiger partial charge in [-0.2, -0.15) is 0 Å². The van der Waals surface area contributed by atoms with Crippen molar-refractivity contribution in [2.45, 2.75) is 104 Å². The van der Waals surface area contributed by atoms with E-state index in [1.165, 1.54) is 19.3 Å². The second-order valence-electron chi connectivity index (χ2n) is 7.44. The van der Waals surface area contributed by atoms with Gasteiger partial charge in [0.2, 0.25) is 0 Å². The molecule has 0 aromatic carbocycles. The second kappa shape index (κ2) is 16.4. The van der Waals surface area contributed by atoms with Crippen molar-refractivity contribution in [3.05, 3.63) is 0 Å². The van der Waals surface area contributed by atoms with Gasteiger partial charge in [-0.1, -0.05) is 72.1 Å². The summed E-state index contributed by atoms with van der Waals surface area (Å²) in [5, 5.41) is 8.66. The normalized spacial score (nSPS) is 13.4. The molecule has 2 atom stereocenters. The zero-order chi connectivity index (χ0) is 18.9. The third kappa shape index (κ3) is 16.2. The molecule has 4 heteroatoms. The van der Waals surface area contributed by atoms with Crippen molar-refractivity contribution >= 4 is 11.9 Å². The number of ether oxygens (including phenoxy) is 1. The number of carboxylic acids is 1. The molecule has 0 spiro atoms. The van der Waals surface area contributed by atoms with E-state index >= 15 is 0 Å². The van der Waals surface area contributed by atoms with Crippen molar-refractivity contribution in [2.75, 3.05) is 6.61 Å². The molecule has 0 aliphatic rings. The highest BCUT2D eigenvalue weighted by Gasteiger charge is 2.10. The van der Waals surface area contributed by atoms with Gasteiger partial charge in [0, 0.05) is 12.8 Å². The van der Waals surface area contributed by atoms with E-state index in [0.29, 0.717) is 24.9 Å². The third-order valence-corrected chi connectivity index (χ3v) is 4.95. The fourth-order valence-corrected chi connectivity index (χ4v) is 2.99. The van der Waals surface area contributed by atoms with Gasteiger partial charge in [0.25, 0.3) is 0 Å². The van der Waals surface area contributed by atoms with E-state index < -0.39 is 5.97 Å². The lowest BCUT2D eigenvalue weighted by Crippen LogP contribution is -2.13. The predicted molar refractivity (Wildman–Crippen MR) is 103 cm³/mol. The lowest BCUT2D eigenvalue weighted by Gasteiger charge is -2.14. The zero-order valence-electron chi connectivity index (χ0n) is 16.7. The summed E-state index contributed by atoms with van der Waals surface area (Å²) < 4.78 is 5.41. The van der Waals surface area contributed by atoms with Gasteiger partial charge in [0.15, 0.2) is 0 Å². The Labute approximate surface area is 154 Å². The molecule has 0 saturated heterocycles. The minimum absolute atomic E-state index is 0.0442. The maximum atomic E-state index is 11.8. The number of carbonyl (C=O) groups is 2. The molecule has 0 aliphatic carbocycles. The summed E-state index contributed by atoms with van der Waals surface area (Å²) in [4.78, 5) is 22.3. The first-order chi connectivity index (χ1) is 12.0. The van der Waals surface area contributed by atoms with Gasteiger partial charge in [-0.3, -0.25) is 9.59 Å². The Kier molecular flexibility index (Phi) is 15.7. The molecule has 0 rings (SSSR count). The molecule has 1 N–H and O–H groups in total. The van der Waals surface area contributed by atoms with Gasteiger partial charge in [-0.15, -0.1) is 0 Å². The Bertz CT molecular complexity index is 341. The van der Waals surface area contributed by atoms with Crippen LogP contribution in [0.25, 0.3) is 0 Å². The van der Waals surface area contributed by atoms with E-state index in [9.17, 15) is 9.59 Å². The van der Waals surface area contributed by atoms with Crippen LogP contribution < -0.4 is 0 Å². The molecule has 0 amide bonds. The Morgan fingerprint density at radius 2 is 1.56 bits per heavy atom. The lowest BCUT2D eigenvalue weighted by atomic mass is 9.97. The molecule has 0 aromatic heterocycles. The average Bonchev–Trinajstić information content (AvgIpc) is 2.59. The molecule has 0 aromatic rings. The summed E-state index contributed by atoms with van der Waals surface area (Å²) in [6, 6.07) is 0. The van der Waals surface area contributed by atoms with Crippen molar-refractivity contribution in [2.24, 2.45) is 11.8 Å². The Balaban J connectivity index is 3.49. The van der Waals surface area contributed by atoms with Gasteiger partial charge in [0.1, 0.15) is 0 Å². The number of unbranched alkanes of at least 4 members (excludes halogenated alkanes) is 5. The third-order valence-electron chi connectivity index (χ3n) is 4.95. The average molecular weight is 357 g/mol. The fraction of sp³-hybridized carbons (Fsp3) is 0.905. The first-order valence-corrected chi connectivity index (χ1v) is 10.4. The smallest absolute Gasteiger partial charge is 0.305 e. The van der Waals surface area contributed by atoms with Gasteiger partial charge >= 0.3 is 11.9 Å². The van der Waals surface area contributed by atoms with Crippen LogP contribution in [-0.2, 0) is 14.3 Å². The Hall–Kier alpha value is -1.06. The molecule has 0 fully saturated rings. The van der Waals surface area contributed by atoms with Crippen LogP contribution in [0.4, 0.5) is 0 Å². The van der Waals surface area contributed by atoms with E-state index in [2.05, 4.69) is 20.8 Å². The highest BCUT2D eigenvalue weighted by molar-refractivity contribution is 5.69. The standard InChI is InChI=1S/C21H40O4/c1-4-6-13-19(5-2)17-25-21(24)14-11-9-7-8-10-12-18(3)15-16-20(22)23/h18-19H,4-17H2,1-3H3,(H,22,23). The zero-order valence-corrected chi connectivity index (χ0v) is 16.7. The van der Waals surface area contributed by atoms with Crippen molar-refractivity contribution in [1.29, 1.82) is 0 Å². The number of carbonyl (C=O) groups excluding carboxylic acids is 1. The van der Waals surface area contributed by atoms with Crippen LogP contribution in [0.1, 0.15) is 104 Å². The quantitative estimate of drug-likeness (QED) is 0.257. The van der Waals surface area contributed by atoms with E-state index in [1.807, 2.05) is 0 Å². The van der Waals surface area contributed by atoms with E-state index in [1.54, 1.807) is 0 Å². The van der Waals surface area contributed by atoms with Gasteiger partial charge < -0.3 is 9.84 Å². The highest BCUT2D eigenvalue weighted by Crippen LogP contribution is 2.17. The monoisotopic (exact) mass is 356 g/mol. The number of rotatable bonds is 17. The van der Waals surface area contributed by atoms with Crippen LogP contribution in [-0.4, -0.2) is 23.7 Å². The molecular weight excluding hydrogens is 316 g/mol. The van der Waals surface area contributed by atoms with E-state index in [-0.39, 0.29) is 12.4 Å². The summed E-state index contributed by atoms with van der Waals surface area (Å²) in [7, 11) is 0. The molecule has 2 unspecified atom stereocenters.